The van der Waals surface area contributed by atoms with Crippen molar-refractivity contribution in [2.45, 2.75) is 56.8 Å². The van der Waals surface area contributed by atoms with Gasteiger partial charge in [0, 0.05) is 5.41 Å². The van der Waals surface area contributed by atoms with E-state index in [2.05, 4.69) is 0 Å². The van der Waals surface area contributed by atoms with Gasteiger partial charge in [0.25, 0.3) is 0 Å². The van der Waals surface area contributed by atoms with Crippen molar-refractivity contribution in [2.24, 2.45) is 23.2 Å². The topological polar surface area (TPSA) is 31.0 Å². The van der Waals surface area contributed by atoms with Crippen LogP contribution in [0.1, 0.15) is 38.5 Å². The van der Waals surface area contributed by atoms with Crippen molar-refractivity contribution in [1.82, 2.24) is 0 Å². The van der Waals surface area contributed by atoms with E-state index in [-0.39, 0.29) is 6.10 Å². The van der Waals surface area contributed by atoms with Gasteiger partial charge < -0.3 is 4.74 Å². The van der Waals surface area contributed by atoms with Crippen LogP contribution in [0.4, 0.5) is 0 Å². The lowest BCUT2D eigenvalue weighted by Crippen LogP contribution is -2.55. The molecule has 4 aliphatic carbocycles. The van der Waals surface area contributed by atoms with Gasteiger partial charge in [-0.15, -0.1) is 0 Å². The smallest absolute Gasteiger partial charge is 0.127 e. The molecule has 3 heteroatoms. The highest BCUT2D eigenvalue weighted by Crippen LogP contribution is 2.63. The van der Waals surface area contributed by atoms with Crippen molar-refractivity contribution in [3.63, 3.8) is 0 Å². The molecule has 0 aromatic heterocycles. The summed E-state index contributed by atoms with van der Waals surface area (Å²) in [7, 11) is 0. The molecule has 2 aliphatic heterocycles. The quantitative estimate of drug-likeness (QED) is 0.517. The molecule has 0 spiro atoms. The number of ether oxygens (including phenoxy) is 1. The van der Waals surface area contributed by atoms with E-state index in [1.807, 2.05) is 0 Å². The van der Waals surface area contributed by atoms with E-state index in [0.717, 1.165) is 17.8 Å². The number of hydrogen-bond donors (Lipinski definition) is 0. The van der Waals surface area contributed by atoms with Gasteiger partial charge in [0.2, 0.25) is 0 Å². The lowest BCUT2D eigenvalue weighted by Gasteiger charge is -2.58. The number of epoxide rings is 1. The highest BCUT2D eigenvalue weighted by Gasteiger charge is 2.63. The molecule has 6 aliphatic rings. The van der Waals surface area contributed by atoms with Crippen molar-refractivity contribution in [3.8, 4) is 0 Å². The zero-order chi connectivity index (χ0) is 11.0. The minimum Gasteiger partial charge on any atom is -0.364 e. The van der Waals surface area contributed by atoms with Crippen LogP contribution >= 0.6 is 0 Å². The molecule has 3 nitrogen and oxygen atoms in total. The van der Waals surface area contributed by atoms with E-state index in [0.29, 0.717) is 24.2 Å². The van der Waals surface area contributed by atoms with Gasteiger partial charge in [0.15, 0.2) is 0 Å². The Hall–Kier alpha value is -0.120. The third-order valence-electron chi connectivity index (χ3n) is 6.01. The standard InChI is InChI=1S/C14H20O3/c1-8-2-10-3-9(1)5-14(4-8,6-10)13-12-11(16-12)7-15-17-13/h8-13H,1-7H2/t8?,9?,10?,11-,12-,13?,14?/m0/s1. The first kappa shape index (κ1) is 9.76. The van der Waals surface area contributed by atoms with Gasteiger partial charge in [-0.2, -0.15) is 0 Å². The monoisotopic (exact) mass is 236 g/mol. The average Bonchev–Trinajstić information content (AvgIpc) is 3.05. The van der Waals surface area contributed by atoms with Crippen molar-refractivity contribution in [1.29, 1.82) is 0 Å². The lowest BCUT2D eigenvalue weighted by atomic mass is 9.48. The van der Waals surface area contributed by atoms with E-state index in [1.165, 1.54) is 38.5 Å². The first-order valence-corrected chi connectivity index (χ1v) is 7.26. The lowest BCUT2D eigenvalue weighted by molar-refractivity contribution is -0.366. The zero-order valence-corrected chi connectivity index (χ0v) is 10.1. The SMILES string of the molecule is C1C2CC3CC1CC(C1OOC[C@@H]4O[C@H]14)(C2)C3. The number of rotatable bonds is 1. The van der Waals surface area contributed by atoms with Crippen LogP contribution in [-0.4, -0.2) is 24.9 Å². The summed E-state index contributed by atoms with van der Waals surface area (Å²) >= 11 is 0. The Kier molecular flexibility index (Phi) is 1.76. The molecule has 94 valence electrons. The third kappa shape index (κ3) is 1.28. The molecule has 0 N–H and O–H groups in total. The van der Waals surface area contributed by atoms with Crippen molar-refractivity contribution < 1.29 is 14.5 Å². The van der Waals surface area contributed by atoms with Crippen LogP contribution in [0.25, 0.3) is 0 Å². The Morgan fingerprint density at radius 2 is 1.53 bits per heavy atom. The Bertz CT molecular complexity index is 318. The molecule has 17 heavy (non-hydrogen) atoms. The van der Waals surface area contributed by atoms with Gasteiger partial charge in [-0.25, -0.2) is 9.78 Å². The third-order valence-corrected chi connectivity index (χ3v) is 6.01. The Morgan fingerprint density at radius 3 is 2.18 bits per heavy atom. The van der Waals surface area contributed by atoms with E-state index in [9.17, 15) is 0 Å². The summed E-state index contributed by atoms with van der Waals surface area (Å²) in [6, 6.07) is 0. The Labute approximate surface area is 102 Å². The zero-order valence-electron chi connectivity index (χ0n) is 10.1. The maximum absolute atomic E-state index is 5.73. The Morgan fingerprint density at radius 1 is 0.882 bits per heavy atom. The Balaban J connectivity index is 1.49. The molecule has 4 saturated carbocycles. The fourth-order valence-electron chi connectivity index (χ4n) is 5.77. The highest BCUT2D eigenvalue weighted by atomic mass is 17.2. The molecule has 0 radical (unpaired) electrons. The van der Waals surface area contributed by atoms with Gasteiger partial charge in [-0.1, -0.05) is 0 Å². The molecule has 4 bridgehead atoms. The summed E-state index contributed by atoms with van der Waals surface area (Å²) in [6.45, 7) is 0.646. The molecule has 3 atom stereocenters. The van der Waals surface area contributed by atoms with Crippen molar-refractivity contribution in [3.05, 3.63) is 0 Å². The molecule has 6 rings (SSSR count). The summed E-state index contributed by atoms with van der Waals surface area (Å²) in [5.41, 5.74) is 0.411. The number of hydrogen-bond acceptors (Lipinski definition) is 3. The first-order chi connectivity index (χ1) is 8.32. The second kappa shape index (κ2) is 3.06. The second-order valence-corrected chi connectivity index (χ2v) is 7.22. The molecule has 0 aromatic rings. The predicted octanol–water partition coefficient (Wildman–Crippen LogP) is 2.30. The van der Waals surface area contributed by atoms with Crippen LogP contribution in [0.2, 0.25) is 0 Å². The second-order valence-electron chi connectivity index (χ2n) is 7.22. The first-order valence-electron chi connectivity index (χ1n) is 7.26. The van der Waals surface area contributed by atoms with Crippen molar-refractivity contribution >= 4 is 0 Å². The molecule has 2 saturated heterocycles. The minimum absolute atomic E-state index is 0.245. The molecule has 2 heterocycles. The molecule has 0 aromatic carbocycles. The fraction of sp³-hybridized carbons (Fsp3) is 1.00. The van der Waals surface area contributed by atoms with E-state index >= 15 is 0 Å². The van der Waals surface area contributed by atoms with Crippen LogP contribution < -0.4 is 0 Å². The predicted molar refractivity (Wildman–Crippen MR) is 60.1 cm³/mol. The van der Waals surface area contributed by atoms with Crippen LogP contribution in [0, 0.1) is 23.2 Å². The molecular weight excluding hydrogens is 216 g/mol. The summed E-state index contributed by atoms with van der Waals surface area (Å²) in [6.07, 6.45) is 9.54. The van der Waals surface area contributed by atoms with Crippen LogP contribution in [-0.2, 0) is 14.5 Å². The van der Waals surface area contributed by atoms with Gasteiger partial charge >= 0.3 is 0 Å². The van der Waals surface area contributed by atoms with Crippen LogP contribution in [0.15, 0.2) is 0 Å². The summed E-state index contributed by atoms with van der Waals surface area (Å²) in [4.78, 5) is 11.0. The van der Waals surface area contributed by atoms with E-state index in [1.54, 1.807) is 0 Å². The summed E-state index contributed by atoms with van der Waals surface area (Å²) in [5.74, 6) is 2.93. The van der Waals surface area contributed by atoms with Gasteiger partial charge in [0.05, 0.1) is 0 Å². The fourth-order valence-corrected chi connectivity index (χ4v) is 5.77. The minimum atomic E-state index is 0.245. The number of fused-ring (bicyclic) bond motifs is 1. The largest absolute Gasteiger partial charge is 0.364 e. The van der Waals surface area contributed by atoms with E-state index in [4.69, 9.17) is 14.5 Å². The maximum Gasteiger partial charge on any atom is 0.127 e. The van der Waals surface area contributed by atoms with Crippen molar-refractivity contribution in [2.75, 3.05) is 6.61 Å². The maximum atomic E-state index is 5.73. The van der Waals surface area contributed by atoms with E-state index < -0.39 is 0 Å². The van der Waals surface area contributed by atoms with Gasteiger partial charge in [-0.05, 0) is 56.3 Å². The van der Waals surface area contributed by atoms with Gasteiger partial charge in [0.1, 0.15) is 24.9 Å². The van der Waals surface area contributed by atoms with Crippen LogP contribution in [0.3, 0.4) is 0 Å². The average molecular weight is 236 g/mol. The normalized spacial score (nSPS) is 63.5. The summed E-state index contributed by atoms with van der Waals surface area (Å²) in [5, 5.41) is 0. The molecule has 1 unspecified atom stereocenters. The van der Waals surface area contributed by atoms with Crippen LogP contribution in [0.5, 0.6) is 0 Å². The van der Waals surface area contributed by atoms with Gasteiger partial charge in [-0.3, -0.25) is 0 Å². The molecule has 6 fully saturated rings. The molecule has 0 amide bonds. The highest BCUT2D eigenvalue weighted by molar-refractivity contribution is 5.10. The molecular formula is C14H20O3. The summed E-state index contributed by atoms with van der Waals surface area (Å²) < 4.78 is 5.73.